The molecular weight excluding hydrogens is 208 g/mol. The van der Waals surface area contributed by atoms with Crippen molar-refractivity contribution >= 4 is 11.9 Å². The molecule has 90 valence electrons. The van der Waals surface area contributed by atoms with E-state index in [9.17, 15) is 9.59 Å². The van der Waals surface area contributed by atoms with Gasteiger partial charge in [0, 0.05) is 11.6 Å². The molecule has 0 fully saturated rings. The second-order valence-electron chi connectivity index (χ2n) is 3.67. The van der Waals surface area contributed by atoms with E-state index in [-0.39, 0.29) is 11.5 Å². The van der Waals surface area contributed by atoms with Gasteiger partial charge in [-0.05, 0) is 12.3 Å². The van der Waals surface area contributed by atoms with Crippen LogP contribution in [-0.2, 0) is 9.59 Å². The average molecular weight is 226 g/mol. The van der Waals surface area contributed by atoms with Crippen LogP contribution in [0, 0.1) is 5.92 Å². The molecule has 0 aliphatic carbocycles. The third kappa shape index (κ3) is 6.01. The standard InChI is InChI=1S/C12H18O4/c1-3-4-6-9(2)10(12(15)16)7-5-8-11(13)14/h5,7-9H,3-4,6H2,1-2H3,(H,13,14)(H,15,16)/b8-5+,10-7+. The summed E-state index contributed by atoms with van der Waals surface area (Å²) in [5, 5.41) is 17.3. The molecule has 0 aromatic heterocycles. The van der Waals surface area contributed by atoms with E-state index >= 15 is 0 Å². The Labute approximate surface area is 95.3 Å². The summed E-state index contributed by atoms with van der Waals surface area (Å²) in [6, 6.07) is 0. The van der Waals surface area contributed by atoms with E-state index in [1.807, 2.05) is 13.8 Å². The van der Waals surface area contributed by atoms with Crippen LogP contribution in [0.25, 0.3) is 0 Å². The number of carboxylic acid groups (broad SMARTS) is 2. The van der Waals surface area contributed by atoms with Crippen molar-refractivity contribution in [1.82, 2.24) is 0 Å². The highest BCUT2D eigenvalue weighted by Crippen LogP contribution is 2.17. The second-order valence-corrected chi connectivity index (χ2v) is 3.67. The predicted molar refractivity (Wildman–Crippen MR) is 61.2 cm³/mol. The molecule has 2 N–H and O–H groups in total. The minimum absolute atomic E-state index is 0.0594. The predicted octanol–water partition coefficient (Wildman–Crippen LogP) is 2.46. The highest BCUT2D eigenvalue weighted by molar-refractivity contribution is 5.88. The van der Waals surface area contributed by atoms with Gasteiger partial charge in [-0.2, -0.15) is 0 Å². The molecule has 0 aromatic carbocycles. The molecule has 4 nitrogen and oxygen atoms in total. The first-order chi connectivity index (χ1) is 7.49. The van der Waals surface area contributed by atoms with Crippen LogP contribution in [-0.4, -0.2) is 22.2 Å². The molecule has 0 saturated heterocycles. The summed E-state index contributed by atoms with van der Waals surface area (Å²) in [6.45, 7) is 3.88. The summed E-state index contributed by atoms with van der Waals surface area (Å²) in [5.74, 6) is -2.13. The van der Waals surface area contributed by atoms with E-state index in [0.29, 0.717) is 0 Å². The van der Waals surface area contributed by atoms with Crippen LogP contribution in [0.3, 0.4) is 0 Å². The van der Waals surface area contributed by atoms with Crippen molar-refractivity contribution in [3.8, 4) is 0 Å². The van der Waals surface area contributed by atoms with Gasteiger partial charge in [0.05, 0.1) is 0 Å². The van der Waals surface area contributed by atoms with Gasteiger partial charge in [-0.25, -0.2) is 9.59 Å². The van der Waals surface area contributed by atoms with E-state index in [2.05, 4.69) is 0 Å². The number of hydrogen-bond donors (Lipinski definition) is 2. The third-order valence-corrected chi connectivity index (χ3v) is 2.28. The quantitative estimate of drug-likeness (QED) is 0.516. The van der Waals surface area contributed by atoms with Crippen LogP contribution in [0.4, 0.5) is 0 Å². The van der Waals surface area contributed by atoms with Gasteiger partial charge in [-0.15, -0.1) is 0 Å². The molecule has 0 bridgehead atoms. The van der Waals surface area contributed by atoms with Gasteiger partial charge in [0.1, 0.15) is 0 Å². The van der Waals surface area contributed by atoms with Gasteiger partial charge < -0.3 is 10.2 Å². The SMILES string of the molecule is CCCCC(C)/C(=C\C=C\C(=O)O)C(=O)O. The molecule has 0 amide bonds. The topological polar surface area (TPSA) is 74.6 Å². The lowest BCUT2D eigenvalue weighted by molar-refractivity contribution is -0.133. The van der Waals surface area contributed by atoms with E-state index in [0.717, 1.165) is 25.3 Å². The van der Waals surface area contributed by atoms with Crippen molar-refractivity contribution in [3.63, 3.8) is 0 Å². The fraction of sp³-hybridized carbons (Fsp3) is 0.500. The summed E-state index contributed by atoms with van der Waals surface area (Å²) < 4.78 is 0. The fourth-order valence-corrected chi connectivity index (χ4v) is 1.35. The first-order valence-electron chi connectivity index (χ1n) is 5.33. The van der Waals surface area contributed by atoms with E-state index in [1.165, 1.54) is 12.2 Å². The van der Waals surface area contributed by atoms with Gasteiger partial charge in [-0.1, -0.05) is 38.8 Å². The zero-order valence-electron chi connectivity index (χ0n) is 9.64. The summed E-state index contributed by atoms with van der Waals surface area (Å²) in [4.78, 5) is 21.2. The minimum Gasteiger partial charge on any atom is -0.478 e. The zero-order valence-corrected chi connectivity index (χ0v) is 9.64. The number of carboxylic acids is 2. The fourth-order valence-electron chi connectivity index (χ4n) is 1.35. The second kappa shape index (κ2) is 7.68. The van der Waals surface area contributed by atoms with Gasteiger partial charge in [0.15, 0.2) is 0 Å². The summed E-state index contributed by atoms with van der Waals surface area (Å²) in [5.41, 5.74) is 0.256. The van der Waals surface area contributed by atoms with Crippen molar-refractivity contribution < 1.29 is 19.8 Å². The monoisotopic (exact) mass is 226 g/mol. The number of hydrogen-bond acceptors (Lipinski definition) is 2. The number of carbonyl (C=O) groups is 2. The Bertz CT molecular complexity index is 302. The first-order valence-corrected chi connectivity index (χ1v) is 5.33. The van der Waals surface area contributed by atoms with Gasteiger partial charge in [-0.3, -0.25) is 0 Å². The van der Waals surface area contributed by atoms with Crippen LogP contribution in [0.5, 0.6) is 0 Å². The Morgan fingerprint density at radius 1 is 1.31 bits per heavy atom. The van der Waals surface area contributed by atoms with Crippen LogP contribution in [0.1, 0.15) is 33.1 Å². The third-order valence-electron chi connectivity index (χ3n) is 2.28. The summed E-state index contributed by atoms with van der Waals surface area (Å²) in [6.07, 6.45) is 6.33. The van der Waals surface area contributed by atoms with Crippen molar-refractivity contribution in [1.29, 1.82) is 0 Å². The maximum absolute atomic E-state index is 10.9. The zero-order chi connectivity index (χ0) is 12.6. The van der Waals surface area contributed by atoms with Crippen LogP contribution in [0.2, 0.25) is 0 Å². The molecule has 0 spiro atoms. The molecule has 0 aliphatic heterocycles. The number of aliphatic carboxylic acids is 2. The summed E-state index contributed by atoms with van der Waals surface area (Å²) in [7, 11) is 0. The number of rotatable bonds is 7. The Morgan fingerprint density at radius 2 is 1.94 bits per heavy atom. The molecule has 0 heterocycles. The molecule has 0 aromatic rings. The number of unbranched alkanes of at least 4 members (excludes halogenated alkanes) is 1. The van der Waals surface area contributed by atoms with E-state index < -0.39 is 11.9 Å². The Morgan fingerprint density at radius 3 is 2.38 bits per heavy atom. The lowest BCUT2D eigenvalue weighted by atomic mass is 9.95. The average Bonchev–Trinajstić information content (AvgIpc) is 2.20. The largest absolute Gasteiger partial charge is 0.478 e. The van der Waals surface area contributed by atoms with E-state index in [4.69, 9.17) is 10.2 Å². The number of allylic oxidation sites excluding steroid dienone is 2. The molecule has 1 atom stereocenters. The van der Waals surface area contributed by atoms with Crippen molar-refractivity contribution in [2.24, 2.45) is 5.92 Å². The van der Waals surface area contributed by atoms with Crippen molar-refractivity contribution in [3.05, 3.63) is 23.8 Å². The molecule has 0 rings (SSSR count). The first kappa shape index (κ1) is 14.4. The van der Waals surface area contributed by atoms with E-state index in [1.54, 1.807) is 0 Å². The van der Waals surface area contributed by atoms with Gasteiger partial charge >= 0.3 is 11.9 Å². The van der Waals surface area contributed by atoms with Gasteiger partial charge in [0.2, 0.25) is 0 Å². The molecule has 1 unspecified atom stereocenters. The molecule has 0 aliphatic rings. The minimum atomic E-state index is -1.08. The summed E-state index contributed by atoms with van der Waals surface area (Å²) >= 11 is 0. The van der Waals surface area contributed by atoms with Crippen molar-refractivity contribution in [2.45, 2.75) is 33.1 Å². The van der Waals surface area contributed by atoms with Gasteiger partial charge in [0.25, 0.3) is 0 Å². The lowest BCUT2D eigenvalue weighted by Crippen LogP contribution is -2.09. The van der Waals surface area contributed by atoms with Crippen LogP contribution < -0.4 is 0 Å². The smallest absolute Gasteiger partial charge is 0.331 e. The molecule has 0 saturated carbocycles. The lowest BCUT2D eigenvalue weighted by Gasteiger charge is -2.10. The van der Waals surface area contributed by atoms with Crippen molar-refractivity contribution in [2.75, 3.05) is 0 Å². The molecule has 4 heteroatoms. The highest BCUT2D eigenvalue weighted by Gasteiger charge is 2.14. The van der Waals surface area contributed by atoms with Crippen LogP contribution in [0.15, 0.2) is 23.8 Å². The molecule has 0 radical (unpaired) electrons. The normalized spacial score (nSPS) is 14.0. The molecular formula is C12H18O4. The highest BCUT2D eigenvalue weighted by atomic mass is 16.4. The Hall–Kier alpha value is -1.58. The van der Waals surface area contributed by atoms with Crippen LogP contribution >= 0.6 is 0 Å². The maximum atomic E-state index is 10.9. The maximum Gasteiger partial charge on any atom is 0.331 e. The molecule has 16 heavy (non-hydrogen) atoms. The Kier molecular flexibility index (Phi) is 6.92. The Balaban J connectivity index is 4.59.